The number of likely N-dealkylation sites (N-methyl/N-ethyl adjacent to an activating group) is 1. The first-order chi connectivity index (χ1) is 16.2. The summed E-state index contributed by atoms with van der Waals surface area (Å²) in [7, 11) is 4.96. The molecule has 0 aromatic heterocycles. The molecule has 4 rings (SSSR count). The number of hydrogen-bond donors (Lipinski definition) is 1. The number of benzene rings is 3. The molecule has 0 radical (unpaired) electrons. The highest BCUT2D eigenvalue weighted by Crippen LogP contribution is 2.45. The largest absolute Gasteiger partial charge is 0.497 e. The minimum Gasteiger partial charge on any atom is -0.497 e. The summed E-state index contributed by atoms with van der Waals surface area (Å²) in [5, 5.41) is 3.34. The van der Waals surface area contributed by atoms with Gasteiger partial charge in [0, 0.05) is 30.3 Å². The Morgan fingerprint density at radius 2 is 1.71 bits per heavy atom. The van der Waals surface area contributed by atoms with Crippen LogP contribution in [0.3, 0.4) is 0 Å². The molecule has 0 atom stereocenters. The lowest BCUT2D eigenvalue weighted by molar-refractivity contribution is -0.121. The van der Waals surface area contributed by atoms with Crippen molar-refractivity contribution in [2.24, 2.45) is 0 Å². The Labute approximate surface area is 199 Å². The second-order valence-electron chi connectivity index (χ2n) is 8.87. The number of nitrogens with one attached hydrogen (secondary N) is 1. The van der Waals surface area contributed by atoms with Gasteiger partial charge in [0.15, 0.2) is 0 Å². The summed E-state index contributed by atoms with van der Waals surface area (Å²) >= 11 is 0. The van der Waals surface area contributed by atoms with E-state index in [4.69, 9.17) is 14.2 Å². The SMILES string of the molecule is COc1ccc(-c2ccc3c(c2COc2cc(F)ccc2C)N(C)C(=O)C(C)(C)N3)c(OC)c1. The van der Waals surface area contributed by atoms with Crippen LogP contribution in [0.25, 0.3) is 11.1 Å². The van der Waals surface area contributed by atoms with E-state index in [1.807, 2.05) is 51.1 Å². The first-order valence-corrected chi connectivity index (χ1v) is 11.0. The molecule has 3 aromatic carbocycles. The Kier molecular flexibility index (Phi) is 6.13. The van der Waals surface area contributed by atoms with Gasteiger partial charge in [0.25, 0.3) is 5.91 Å². The number of aryl methyl sites for hydroxylation is 1. The Bertz CT molecular complexity index is 1260. The highest BCUT2D eigenvalue weighted by atomic mass is 19.1. The van der Waals surface area contributed by atoms with Gasteiger partial charge in [-0.3, -0.25) is 4.79 Å². The predicted molar refractivity (Wildman–Crippen MR) is 132 cm³/mol. The van der Waals surface area contributed by atoms with Gasteiger partial charge in [0.1, 0.15) is 35.2 Å². The zero-order chi connectivity index (χ0) is 24.6. The fourth-order valence-electron chi connectivity index (χ4n) is 4.33. The summed E-state index contributed by atoms with van der Waals surface area (Å²) in [6, 6.07) is 14.0. The minimum atomic E-state index is -0.752. The van der Waals surface area contributed by atoms with Crippen LogP contribution in [0.5, 0.6) is 17.2 Å². The summed E-state index contributed by atoms with van der Waals surface area (Å²) in [5.41, 5.74) is 4.05. The van der Waals surface area contributed by atoms with E-state index in [1.165, 1.54) is 12.1 Å². The topological polar surface area (TPSA) is 60.0 Å². The van der Waals surface area contributed by atoms with E-state index in [0.29, 0.717) is 22.9 Å². The van der Waals surface area contributed by atoms with Crippen molar-refractivity contribution in [3.05, 3.63) is 65.5 Å². The van der Waals surface area contributed by atoms with Crippen LogP contribution in [0.1, 0.15) is 25.0 Å². The Morgan fingerprint density at radius 3 is 2.41 bits per heavy atom. The van der Waals surface area contributed by atoms with Crippen LogP contribution in [0.15, 0.2) is 48.5 Å². The van der Waals surface area contributed by atoms with Gasteiger partial charge in [-0.05, 0) is 56.2 Å². The molecule has 1 aliphatic rings. The van der Waals surface area contributed by atoms with Crippen molar-refractivity contribution in [1.29, 1.82) is 0 Å². The lowest BCUT2D eigenvalue weighted by atomic mass is 9.91. The second kappa shape index (κ2) is 8.89. The quantitative estimate of drug-likeness (QED) is 0.517. The minimum absolute atomic E-state index is 0.0676. The number of nitrogens with zero attached hydrogens (tertiary/aromatic N) is 1. The summed E-state index contributed by atoms with van der Waals surface area (Å²) in [6.07, 6.45) is 0. The fraction of sp³-hybridized carbons (Fsp3) is 0.296. The Balaban J connectivity index is 1.89. The van der Waals surface area contributed by atoms with E-state index in [9.17, 15) is 9.18 Å². The van der Waals surface area contributed by atoms with Gasteiger partial charge < -0.3 is 24.4 Å². The van der Waals surface area contributed by atoms with Gasteiger partial charge >= 0.3 is 0 Å². The van der Waals surface area contributed by atoms with Crippen LogP contribution in [0.2, 0.25) is 0 Å². The first-order valence-electron chi connectivity index (χ1n) is 11.0. The zero-order valence-electron chi connectivity index (χ0n) is 20.3. The first kappa shape index (κ1) is 23.4. The smallest absolute Gasteiger partial charge is 0.251 e. The highest BCUT2D eigenvalue weighted by Gasteiger charge is 2.38. The third kappa shape index (κ3) is 4.14. The van der Waals surface area contributed by atoms with Crippen LogP contribution < -0.4 is 24.4 Å². The third-order valence-electron chi connectivity index (χ3n) is 6.13. The Hall–Kier alpha value is -3.74. The van der Waals surface area contributed by atoms with Crippen molar-refractivity contribution in [2.45, 2.75) is 32.9 Å². The molecule has 1 aliphatic heterocycles. The average molecular weight is 465 g/mol. The van der Waals surface area contributed by atoms with Crippen LogP contribution in [-0.4, -0.2) is 32.7 Å². The average Bonchev–Trinajstić information content (AvgIpc) is 2.82. The molecular weight excluding hydrogens is 435 g/mol. The molecule has 1 amide bonds. The van der Waals surface area contributed by atoms with E-state index >= 15 is 0 Å². The van der Waals surface area contributed by atoms with Gasteiger partial charge in [-0.15, -0.1) is 0 Å². The number of carbonyl (C=O) groups is 1. The molecule has 0 fully saturated rings. The molecule has 6 nitrogen and oxygen atoms in total. The number of hydrogen-bond acceptors (Lipinski definition) is 5. The summed E-state index contributed by atoms with van der Waals surface area (Å²) < 4.78 is 31.0. The molecule has 0 bridgehead atoms. The number of halogens is 1. The lowest BCUT2D eigenvalue weighted by Crippen LogP contribution is -2.52. The second-order valence-corrected chi connectivity index (χ2v) is 8.87. The molecule has 3 aromatic rings. The Morgan fingerprint density at radius 1 is 0.971 bits per heavy atom. The highest BCUT2D eigenvalue weighted by molar-refractivity contribution is 6.08. The predicted octanol–water partition coefficient (Wildman–Crippen LogP) is 5.56. The van der Waals surface area contributed by atoms with Crippen molar-refractivity contribution in [3.63, 3.8) is 0 Å². The maximum Gasteiger partial charge on any atom is 0.251 e. The number of carbonyl (C=O) groups excluding carboxylic acids is 1. The van der Waals surface area contributed by atoms with Gasteiger partial charge in [-0.25, -0.2) is 4.39 Å². The maximum absolute atomic E-state index is 13.9. The number of amides is 1. The standard InChI is InChI=1S/C27H29FN2O4/c1-16-7-8-17(28)13-23(16)34-15-21-19(20-10-9-18(32-5)14-24(20)33-6)11-12-22-25(21)30(4)26(31)27(2,3)29-22/h7-14,29H,15H2,1-6H3. The van der Waals surface area contributed by atoms with Crippen LogP contribution in [0.4, 0.5) is 15.8 Å². The lowest BCUT2D eigenvalue weighted by Gasteiger charge is -2.39. The van der Waals surface area contributed by atoms with Gasteiger partial charge in [0.05, 0.1) is 25.6 Å². The maximum atomic E-state index is 13.9. The normalized spacial score (nSPS) is 14.3. The van der Waals surface area contributed by atoms with Gasteiger partial charge in [-0.1, -0.05) is 12.1 Å². The fourth-order valence-corrected chi connectivity index (χ4v) is 4.33. The van der Waals surface area contributed by atoms with Crippen LogP contribution in [-0.2, 0) is 11.4 Å². The van der Waals surface area contributed by atoms with Crippen molar-refractivity contribution < 1.29 is 23.4 Å². The monoisotopic (exact) mass is 464 g/mol. The van der Waals surface area contributed by atoms with Gasteiger partial charge in [0.2, 0.25) is 0 Å². The molecule has 34 heavy (non-hydrogen) atoms. The van der Waals surface area contributed by atoms with Crippen molar-refractivity contribution in [1.82, 2.24) is 0 Å². The number of anilines is 2. The molecule has 1 N–H and O–H groups in total. The molecule has 178 valence electrons. The van der Waals surface area contributed by atoms with E-state index in [2.05, 4.69) is 5.32 Å². The third-order valence-corrected chi connectivity index (χ3v) is 6.13. The van der Waals surface area contributed by atoms with Gasteiger partial charge in [-0.2, -0.15) is 0 Å². The zero-order valence-corrected chi connectivity index (χ0v) is 20.3. The molecule has 7 heteroatoms. The number of rotatable bonds is 6. The molecule has 0 spiro atoms. The van der Waals surface area contributed by atoms with E-state index in [1.54, 1.807) is 32.2 Å². The summed E-state index contributed by atoms with van der Waals surface area (Å²) in [5.74, 6) is 1.30. The molecule has 0 aliphatic carbocycles. The molecule has 0 saturated carbocycles. The van der Waals surface area contributed by atoms with E-state index in [-0.39, 0.29) is 18.3 Å². The van der Waals surface area contributed by atoms with Crippen molar-refractivity contribution in [3.8, 4) is 28.4 Å². The van der Waals surface area contributed by atoms with E-state index < -0.39 is 5.54 Å². The molecular formula is C27H29FN2O4. The molecule has 0 unspecified atom stereocenters. The van der Waals surface area contributed by atoms with Crippen LogP contribution in [0, 0.1) is 12.7 Å². The number of methoxy groups -OCH3 is 2. The summed E-state index contributed by atoms with van der Waals surface area (Å²) in [6.45, 7) is 5.68. The van der Waals surface area contributed by atoms with Crippen LogP contribution >= 0.6 is 0 Å². The number of ether oxygens (including phenoxy) is 3. The summed E-state index contributed by atoms with van der Waals surface area (Å²) in [4.78, 5) is 14.8. The van der Waals surface area contributed by atoms with E-state index in [0.717, 1.165) is 27.9 Å². The van der Waals surface area contributed by atoms with Crippen molar-refractivity contribution in [2.75, 3.05) is 31.5 Å². The molecule has 0 saturated heterocycles. The molecule has 1 heterocycles. The number of fused-ring (bicyclic) bond motifs is 1. The van der Waals surface area contributed by atoms with Crippen molar-refractivity contribution >= 4 is 17.3 Å².